The second-order valence-electron chi connectivity index (χ2n) is 9.17. The van der Waals surface area contributed by atoms with Crippen molar-refractivity contribution in [2.45, 2.75) is 63.8 Å². The molecule has 2 amide bonds. The molecule has 6 atom stereocenters. The van der Waals surface area contributed by atoms with Crippen LogP contribution in [0.25, 0.3) is 0 Å². The summed E-state index contributed by atoms with van der Waals surface area (Å²) in [6.45, 7) is 10.1. The number of hydrogen-bond donors (Lipinski definition) is 3. The highest BCUT2D eigenvalue weighted by Crippen LogP contribution is 2.63. The van der Waals surface area contributed by atoms with Gasteiger partial charge in [-0.25, -0.2) is 9.59 Å². The molecule has 0 bridgehead atoms. The first-order chi connectivity index (χ1) is 15.4. The lowest BCUT2D eigenvalue weighted by Gasteiger charge is -2.33. The molecule has 0 saturated heterocycles. The van der Waals surface area contributed by atoms with Gasteiger partial charge in [-0.05, 0) is 46.1 Å². The average Bonchev–Trinajstić information content (AvgIpc) is 3.39. The molecule has 11 heteroatoms. The molecule has 0 spiro atoms. The largest absolute Gasteiger partial charge is 0.464 e. The molecule has 0 aromatic heterocycles. The molecule has 2 rings (SSSR count). The van der Waals surface area contributed by atoms with E-state index in [0.717, 1.165) is 6.26 Å². The fourth-order valence-corrected chi connectivity index (χ4v) is 4.91. The highest BCUT2D eigenvalue weighted by molar-refractivity contribution is 7.98. The normalized spacial score (nSPS) is 28.7. The molecular weight excluding hydrogens is 452 g/mol. The molecule has 3 N–H and O–H groups in total. The lowest BCUT2D eigenvalue weighted by atomic mass is 9.88. The van der Waals surface area contributed by atoms with Crippen molar-refractivity contribution in [3.8, 4) is 0 Å². The van der Waals surface area contributed by atoms with Crippen LogP contribution < -0.4 is 10.6 Å². The minimum Gasteiger partial charge on any atom is -0.464 e. The Labute approximate surface area is 198 Å². The number of alkyl carbamates (subject to hydrolysis) is 1. The number of hydrogen-bond acceptors (Lipinski definition) is 9. The number of ether oxygens (including phenoxy) is 3. The maximum absolute atomic E-state index is 13.3. The van der Waals surface area contributed by atoms with Crippen molar-refractivity contribution in [2.24, 2.45) is 17.8 Å². The Kier molecular flexibility index (Phi) is 8.81. The van der Waals surface area contributed by atoms with E-state index in [0.29, 0.717) is 5.75 Å². The Hall–Kier alpha value is -2.27. The van der Waals surface area contributed by atoms with Crippen LogP contribution in [0.4, 0.5) is 4.79 Å². The molecular formula is C22H34N2O8S. The van der Waals surface area contributed by atoms with Crippen LogP contribution in [0.1, 0.15) is 40.5 Å². The third kappa shape index (κ3) is 6.20. The van der Waals surface area contributed by atoms with Gasteiger partial charge in [0.1, 0.15) is 17.2 Å². The van der Waals surface area contributed by atoms with Crippen molar-refractivity contribution >= 4 is 35.7 Å². The molecule has 2 saturated carbocycles. The summed E-state index contributed by atoms with van der Waals surface area (Å²) in [6.07, 6.45) is 1.25. The molecule has 2 aliphatic rings. The molecule has 2 fully saturated rings. The van der Waals surface area contributed by atoms with Crippen LogP contribution in [0.3, 0.4) is 0 Å². The quantitative estimate of drug-likeness (QED) is 0.237. The lowest BCUT2D eigenvalue weighted by molar-refractivity contribution is -0.156. The first-order valence-corrected chi connectivity index (χ1v) is 12.3. The second-order valence-corrected chi connectivity index (χ2v) is 10.2. The van der Waals surface area contributed by atoms with Gasteiger partial charge in [-0.3, -0.25) is 9.59 Å². The van der Waals surface area contributed by atoms with Crippen molar-refractivity contribution in [3.63, 3.8) is 0 Å². The number of esters is 2. The van der Waals surface area contributed by atoms with Crippen LogP contribution in [-0.2, 0) is 28.6 Å². The van der Waals surface area contributed by atoms with E-state index in [2.05, 4.69) is 17.2 Å². The SMILES string of the molecule is C=COC(=O)[C@H]1[C@H]2[C@@H]1[C@](NC(=O)C(CCSC)NC(=O)OC(C)(C)C)(C(=O)OCC)C[C@@H]2O. The van der Waals surface area contributed by atoms with Gasteiger partial charge in [-0.1, -0.05) is 6.58 Å². The minimum absolute atomic E-state index is 0.0533. The molecule has 0 aromatic carbocycles. The zero-order chi connectivity index (χ0) is 25.0. The van der Waals surface area contributed by atoms with E-state index < -0.39 is 65.0 Å². The van der Waals surface area contributed by atoms with Gasteiger partial charge in [-0.15, -0.1) is 0 Å². The summed E-state index contributed by atoms with van der Waals surface area (Å²) in [5.74, 6) is -3.45. The maximum Gasteiger partial charge on any atom is 0.408 e. The van der Waals surface area contributed by atoms with Crippen LogP contribution in [0.5, 0.6) is 0 Å². The van der Waals surface area contributed by atoms with E-state index in [1.54, 1.807) is 27.7 Å². The third-order valence-electron chi connectivity index (χ3n) is 5.70. The van der Waals surface area contributed by atoms with Crippen molar-refractivity contribution < 1.29 is 38.5 Å². The molecule has 2 aliphatic carbocycles. The molecule has 10 nitrogen and oxygen atoms in total. The predicted octanol–water partition coefficient (Wildman–Crippen LogP) is 1.36. The lowest BCUT2D eigenvalue weighted by Crippen LogP contribution is -2.61. The zero-order valence-electron chi connectivity index (χ0n) is 19.7. The number of fused-ring (bicyclic) bond motifs is 1. The Morgan fingerprint density at radius 1 is 1.30 bits per heavy atom. The molecule has 0 radical (unpaired) electrons. The van der Waals surface area contributed by atoms with Crippen LogP contribution >= 0.6 is 11.8 Å². The number of amides is 2. The summed E-state index contributed by atoms with van der Waals surface area (Å²) in [5.41, 5.74) is -2.37. The number of carbonyl (C=O) groups excluding carboxylic acids is 4. The summed E-state index contributed by atoms with van der Waals surface area (Å²) >= 11 is 1.49. The Bertz CT molecular complexity index is 783. The van der Waals surface area contributed by atoms with Gasteiger partial charge >= 0.3 is 18.0 Å². The van der Waals surface area contributed by atoms with E-state index >= 15 is 0 Å². The van der Waals surface area contributed by atoms with Crippen LogP contribution in [0, 0.1) is 17.8 Å². The van der Waals surface area contributed by atoms with Gasteiger partial charge in [0, 0.05) is 18.3 Å². The fraction of sp³-hybridized carbons (Fsp3) is 0.727. The van der Waals surface area contributed by atoms with E-state index in [9.17, 15) is 24.3 Å². The highest BCUT2D eigenvalue weighted by Gasteiger charge is 2.76. The van der Waals surface area contributed by atoms with Crippen molar-refractivity contribution in [2.75, 3.05) is 18.6 Å². The summed E-state index contributed by atoms with van der Waals surface area (Å²) in [4.78, 5) is 50.9. The molecule has 0 aromatic rings. The maximum atomic E-state index is 13.3. The van der Waals surface area contributed by atoms with Crippen LogP contribution in [0.15, 0.2) is 12.8 Å². The number of thioether (sulfide) groups is 1. The predicted molar refractivity (Wildman–Crippen MR) is 121 cm³/mol. The highest BCUT2D eigenvalue weighted by atomic mass is 32.2. The van der Waals surface area contributed by atoms with E-state index in [1.807, 2.05) is 6.26 Å². The van der Waals surface area contributed by atoms with Crippen molar-refractivity contribution in [1.29, 1.82) is 0 Å². The number of rotatable bonds is 10. The van der Waals surface area contributed by atoms with Gasteiger partial charge in [0.2, 0.25) is 5.91 Å². The molecule has 0 heterocycles. The number of aliphatic hydroxyl groups excluding tert-OH is 1. The molecule has 0 aliphatic heterocycles. The minimum atomic E-state index is -1.62. The van der Waals surface area contributed by atoms with Crippen molar-refractivity contribution in [3.05, 3.63) is 12.8 Å². The van der Waals surface area contributed by atoms with E-state index in [4.69, 9.17) is 14.2 Å². The number of nitrogens with one attached hydrogen (secondary N) is 2. The van der Waals surface area contributed by atoms with Crippen LogP contribution in [0.2, 0.25) is 0 Å². The first-order valence-electron chi connectivity index (χ1n) is 10.9. The van der Waals surface area contributed by atoms with Gasteiger partial charge in [-0.2, -0.15) is 11.8 Å². The Balaban J connectivity index is 2.28. The topological polar surface area (TPSA) is 140 Å². The van der Waals surface area contributed by atoms with E-state index in [1.165, 1.54) is 11.8 Å². The standard InChI is InChI=1S/C22H34N2O8S/c1-7-30-18(27)15-14-13(25)11-22(16(14)15,19(28)31-8-2)24-17(26)12(9-10-33-6)23-20(29)32-21(3,4)5/h7,12-16,25H,1,8-11H2,2-6H3,(H,23,29)(H,24,26)/t12?,13-,14-,15-,16-,22-/m0/s1. The number of aliphatic hydroxyl groups is 1. The second kappa shape index (κ2) is 10.8. The van der Waals surface area contributed by atoms with Gasteiger partial charge in [0.05, 0.1) is 24.9 Å². The third-order valence-corrected chi connectivity index (χ3v) is 6.34. The van der Waals surface area contributed by atoms with Crippen molar-refractivity contribution in [1.82, 2.24) is 10.6 Å². The molecule has 1 unspecified atom stereocenters. The smallest absolute Gasteiger partial charge is 0.408 e. The zero-order valence-corrected chi connectivity index (χ0v) is 20.5. The monoisotopic (exact) mass is 486 g/mol. The Morgan fingerprint density at radius 2 is 1.97 bits per heavy atom. The number of carbonyl (C=O) groups is 4. The average molecular weight is 487 g/mol. The molecule has 186 valence electrons. The van der Waals surface area contributed by atoms with Gasteiger partial charge in [0.15, 0.2) is 0 Å². The summed E-state index contributed by atoms with van der Waals surface area (Å²) < 4.78 is 15.3. The summed E-state index contributed by atoms with van der Waals surface area (Å²) in [7, 11) is 0. The summed E-state index contributed by atoms with van der Waals surface area (Å²) in [5, 5.41) is 15.8. The molecule has 33 heavy (non-hydrogen) atoms. The van der Waals surface area contributed by atoms with Gasteiger partial charge in [0.25, 0.3) is 0 Å². The van der Waals surface area contributed by atoms with Crippen LogP contribution in [-0.4, -0.2) is 70.9 Å². The summed E-state index contributed by atoms with van der Waals surface area (Å²) in [6, 6.07) is -0.993. The first kappa shape index (κ1) is 27.0. The Morgan fingerprint density at radius 3 is 2.52 bits per heavy atom. The fourth-order valence-electron chi connectivity index (χ4n) is 4.44. The van der Waals surface area contributed by atoms with E-state index in [-0.39, 0.29) is 19.4 Å². The van der Waals surface area contributed by atoms with Gasteiger partial charge < -0.3 is 30.0 Å².